The maximum Gasteiger partial charge on any atom is 0.0196 e. The smallest absolute Gasteiger partial charge is 0.0196 e. The van der Waals surface area contributed by atoms with Gasteiger partial charge in [0.05, 0.1) is 0 Å². The lowest BCUT2D eigenvalue weighted by Crippen LogP contribution is -2.02. The van der Waals surface area contributed by atoms with E-state index >= 15 is 0 Å². The van der Waals surface area contributed by atoms with Gasteiger partial charge < -0.3 is 0 Å². The Morgan fingerprint density at radius 3 is 2.82 bits per heavy atom. The van der Waals surface area contributed by atoms with Crippen LogP contribution in [-0.2, 0) is 6.42 Å². The van der Waals surface area contributed by atoms with E-state index < -0.39 is 0 Å². The maximum atomic E-state index is 5.10. The molecular formula is C10H8S. The summed E-state index contributed by atoms with van der Waals surface area (Å²) in [5.41, 5.74) is 2.65. The summed E-state index contributed by atoms with van der Waals surface area (Å²) >= 11 is 5.10. The van der Waals surface area contributed by atoms with Gasteiger partial charge in [-0.2, -0.15) is 0 Å². The fourth-order valence-corrected chi connectivity index (χ4v) is 1.51. The second-order valence-electron chi connectivity index (χ2n) is 2.68. The molecule has 0 N–H and O–H groups in total. The average Bonchev–Trinajstić information content (AvgIpc) is 2.04. The topological polar surface area (TPSA) is 0 Å². The van der Waals surface area contributed by atoms with Crippen LogP contribution >= 0.6 is 12.2 Å². The number of rotatable bonds is 0. The van der Waals surface area contributed by atoms with Crippen molar-refractivity contribution in [2.45, 2.75) is 6.42 Å². The summed E-state index contributed by atoms with van der Waals surface area (Å²) in [6, 6.07) is 8.36. The van der Waals surface area contributed by atoms with Crippen LogP contribution in [0.3, 0.4) is 0 Å². The van der Waals surface area contributed by atoms with Gasteiger partial charge in [-0.3, -0.25) is 0 Å². The van der Waals surface area contributed by atoms with Crippen LogP contribution in [0, 0.1) is 0 Å². The number of benzene rings is 1. The van der Waals surface area contributed by atoms with Crippen molar-refractivity contribution in [2.24, 2.45) is 0 Å². The Hall–Kier alpha value is -0.950. The Bertz CT molecular complexity index is 323. The van der Waals surface area contributed by atoms with Crippen LogP contribution in [0.5, 0.6) is 0 Å². The van der Waals surface area contributed by atoms with Crippen molar-refractivity contribution in [3.8, 4) is 0 Å². The first-order chi connectivity index (χ1) is 5.36. The van der Waals surface area contributed by atoms with Gasteiger partial charge >= 0.3 is 0 Å². The highest BCUT2D eigenvalue weighted by atomic mass is 32.1. The average molecular weight is 160 g/mol. The van der Waals surface area contributed by atoms with Crippen LogP contribution in [0.25, 0.3) is 6.08 Å². The first-order valence-electron chi connectivity index (χ1n) is 3.65. The highest BCUT2D eigenvalue weighted by molar-refractivity contribution is 7.80. The molecule has 54 valence electrons. The largest absolute Gasteiger partial charge is 0.0846 e. The molecule has 1 aromatic carbocycles. The minimum absolute atomic E-state index is 0.933. The van der Waals surface area contributed by atoms with Crippen molar-refractivity contribution in [3.05, 3.63) is 41.5 Å². The molecule has 0 aliphatic heterocycles. The van der Waals surface area contributed by atoms with Crippen LogP contribution in [0.4, 0.5) is 0 Å². The summed E-state index contributed by atoms with van der Waals surface area (Å²) in [6.45, 7) is 0. The molecule has 1 heteroatoms. The second kappa shape index (κ2) is 2.59. The van der Waals surface area contributed by atoms with E-state index in [1.54, 1.807) is 0 Å². The van der Waals surface area contributed by atoms with Crippen LogP contribution in [0.15, 0.2) is 30.3 Å². The highest BCUT2D eigenvalue weighted by Gasteiger charge is 2.04. The van der Waals surface area contributed by atoms with Crippen molar-refractivity contribution in [1.29, 1.82) is 0 Å². The van der Waals surface area contributed by atoms with Gasteiger partial charge in [-0.15, -0.1) is 0 Å². The molecule has 11 heavy (non-hydrogen) atoms. The van der Waals surface area contributed by atoms with Crippen LogP contribution in [0.2, 0.25) is 0 Å². The maximum absolute atomic E-state index is 5.10. The summed E-state index contributed by atoms with van der Waals surface area (Å²) in [5, 5.41) is 0. The molecule has 0 unspecified atom stereocenters. The van der Waals surface area contributed by atoms with Crippen LogP contribution in [-0.4, -0.2) is 4.86 Å². The molecule has 0 atom stereocenters. The lowest BCUT2D eigenvalue weighted by Gasteiger charge is -2.09. The lowest BCUT2D eigenvalue weighted by molar-refractivity contribution is 1.33. The van der Waals surface area contributed by atoms with Gasteiger partial charge in [-0.25, -0.2) is 0 Å². The molecule has 0 saturated carbocycles. The summed E-state index contributed by atoms with van der Waals surface area (Å²) < 4.78 is 0. The summed E-state index contributed by atoms with van der Waals surface area (Å²) in [7, 11) is 0. The molecule has 0 bridgehead atoms. The van der Waals surface area contributed by atoms with E-state index in [0.29, 0.717) is 0 Å². The Morgan fingerprint density at radius 2 is 1.91 bits per heavy atom. The molecule has 0 fully saturated rings. The Labute approximate surface area is 71.6 Å². The monoisotopic (exact) mass is 160 g/mol. The minimum atomic E-state index is 0.933. The minimum Gasteiger partial charge on any atom is -0.0846 e. The van der Waals surface area contributed by atoms with Crippen LogP contribution < -0.4 is 0 Å². The van der Waals surface area contributed by atoms with Gasteiger partial charge in [0.15, 0.2) is 0 Å². The van der Waals surface area contributed by atoms with Crippen molar-refractivity contribution >= 4 is 23.2 Å². The Morgan fingerprint density at radius 1 is 1.09 bits per heavy atom. The zero-order chi connectivity index (χ0) is 7.68. The molecule has 2 rings (SSSR count). The third kappa shape index (κ3) is 1.24. The standard InChI is InChI=1S/C10H8S/c11-10-6-5-8-3-1-2-4-9(8)7-10/h1-6H,7H2. The Balaban J connectivity index is 2.54. The van der Waals surface area contributed by atoms with Crippen molar-refractivity contribution in [1.82, 2.24) is 0 Å². The molecule has 1 aromatic rings. The molecule has 0 spiro atoms. The predicted molar refractivity (Wildman–Crippen MR) is 51.8 cm³/mol. The summed E-state index contributed by atoms with van der Waals surface area (Å²) in [4.78, 5) is 1.03. The first kappa shape index (κ1) is 6.74. The molecule has 0 radical (unpaired) electrons. The molecule has 0 heterocycles. The van der Waals surface area contributed by atoms with E-state index in [4.69, 9.17) is 12.2 Å². The first-order valence-corrected chi connectivity index (χ1v) is 4.06. The molecule has 0 amide bonds. The normalized spacial score (nSPS) is 14.7. The number of thiocarbonyl (C=S) groups is 1. The van der Waals surface area contributed by atoms with E-state index in [1.165, 1.54) is 11.1 Å². The zero-order valence-electron chi connectivity index (χ0n) is 6.08. The fourth-order valence-electron chi connectivity index (χ4n) is 1.29. The molecule has 0 nitrogen and oxygen atoms in total. The fraction of sp³-hybridized carbons (Fsp3) is 0.100. The number of hydrogen-bond donors (Lipinski definition) is 0. The van der Waals surface area contributed by atoms with Gasteiger partial charge in [0.2, 0.25) is 0 Å². The third-order valence-corrected chi connectivity index (χ3v) is 2.15. The van der Waals surface area contributed by atoms with Gasteiger partial charge in [0, 0.05) is 11.3 Å². The van der Waals surface area contributed by atoms with Crippen molar-refractivity contribution < 1.29 is 0 Å². The van der Waals surface area contributed by atoms with E-state index in [0.717, 1.165) is 11.3 Å². The third-order valence-electron chi connectivity index (χ3n) is 1.87. The number of fused-ring (bicyclic) bond motifs is 1. The lowest BCUT2D eigenvalue weighted by atomic mass is 9.98. The Kier molecular flexibility index (Phi) is 1.59. The van der Waals surface area contributed by atoms with Crippen LogP contribution in [0.1, 0.15) is 11.1 Å². The van der Waals surface area contributed by atoms with Crippen molar-refractivity contribution in [3.63, 3.8) is 0 Å². The highest BCUT2D eigenvalue weighted by Crippen LogP contribution is 2.16. The molecular weight excluding hydrogens is 152 g/mol. The summed E-state index contributed by atoms with van der Waals surface area (Å²) in [5.74, 6) is 0. The molecule has 1 aliphatic carbocycles. The molecule has 0 saturated heterocycles. The van der Waals surface area contributed by atoms with Gasteiger partial charge in [-0.05, 0) is 17.2 Å². The SMILES string of the molecule is S=C1C=Cc2ccccc2C1. The zero-order valence-corrected chi connectivity index (χ0v) is 6.90. The van der Waals surface area contributed by atoms with Gasteiger partial charge in [0.25, 0.3) is 0 Å². The molecule has 0 aromatic heterocycles. The number of allylic oxidation sites excluding steroid dienone is 1. The summed E-state index contributed by atoms with van der Waals surface area (Å²) in [6.07, 6.45) is 5.03. The number of hydrogen-bond acceptors (Lipinski definition) is 1. The van der Waals surface area contributed by atoms with Gasteiger partial charge in [0.1, 0.15) is 0 Å². The van der Waals surface area contributed by atoms with E-state index in [9.17, 15) is 0 Å². The van der Waals surface area contributed by atoms with E-state index in [1.807, 2.05) is 6.08 Å². The molecule has 1 aliphatic rings. The van der Waals surface area contributed by atoms with E-state index in [2.05, 4.69) is 30.3 Å². The van der Waals surface area contributed by atoms with Crippen molar-refractivity contribution in [2.75, 3.05) is 0 Å². The van der Waals surface area contributed by atoms with Gasteiger partial charge in [-0.1, -0.05) is 42.6 Å². The predicted octanol–water partition coefficient (Wildman–Crippen LogP) is 2.63. The quantitative estimate of drug-likeness (QED) is 0.526. The van der Waals surface area contributed by atoms with E-state index in [-0.39, 0.29) is 0 Å². The second-order valence-corrected chi connectivity index (χ2v) is 3.20.